The van der Waals surface area contributed by atoms with Crippen LogP contribution in [-0.4, -0.2) is 33.4 Å². The molecule has 0 radical (unpaired) electrons. The number of hydrogen-bond acceptors (Lipinski definition) is 8. The van der Waals surface area contributed by atoms with Gasteiger partial charge in [-0.1, -0.05) is 46.8 Å². The highest BCUT2D eigenvalue weighted by atomic mass is 35.5. The van der Waals surface area contributed by atoms with E-state index in [1.165, 1.54) is 11.3 Å². The molecule has 10 heteroatoms. The monoisotopic (exact) mass is 446 g/mol. The van der Waals surface area contributed by atoms with Crippen molar-refractivity contribution in [2.75, 3.05) is 17.7 Å². The minimum atomic E-state index is -0.211. The number of aromatic nitrogens is 3. The van der Waals surface area contributed by atoms with Crippen LogP contribution in [0.1, 0.15) is 6.92 Å². The Morgan fingerprint density at radius 1 is 1.28 bits per heavy atom. The molecule has 0 unspecified atom stereocenters. The lowest BCUT2D eigenvalue weighted by Gasteiger charge is -2.00. The lowest BCUT2D eigenvalue weighted by molar-refractivity contribution is -0.113. The molecule has 1 N–H and O–H groups in total. The number of fused-ring (bicyclic) bond motifs is 1. The SMILES string of the molecule is CCOc1ccc2nc(NC(=O)CSc3nnc(-c4ccccc4Cl)o3)sc2c1. The van der Waals surface area contributed by atoms with E-state index in [2.05, 4.69) is 20.5 Å². The predicted octanol–water partition coefficient (Wildman–Crippen LogP) is 5.13. The summed E-state index contributed by atoms with van der Waals surface area (Å²) in [6, 6.07) is 12.8. The van der Waals surface area contributed by atoms with Gasteiger partial charge in [-0.05, 0) is 37.3 Å². The third kappa shape index (κ3) is 4.69. The fourth-order valence-corrected chi connectivity index (χ4v) is 4.20. The van der Waals surface area contributed by atoms with Crippen molar-refractivity contribution in [1.29, 1.82) is 0 Å². The zero-order valence-electron chi connectivity index (χ0n) is 15.2. The molecule has 2 aromatic carbocycles. The van der Waals surface area contributed by atoms with E-state index in [9.17, 15) is 4.79 Å². The first-order valence-electron chi connectivity index (χ1n) is 8.67. The fraction of sp³-hybridized carbons (Fsp3) is 0.158. The molecule has 0 saturated heterocycles. The maximum atomic E-state index is 12.3. The Kier molecular flexibility index (Phi) is 5.98. The van der Waals surface area contributed by atoms with Gasteiger partial charge in [0.1, 0.15) is 5.75 Å². The van der Waals surface area contributed by atoms with Crippen LogP contribution in [0.25, 0.3) is 21.7 Å². The highest BCUT2D eigenvalue weighted by molar-refractivity contribution is 7.99. The number of carbonyl (C=O) groups is 1. The largest absolute Gasteiger partial charge is 0.494 e. The molecule has 29 heavy (non-hydrogen) atoms. The molecule has 7 nitrogen and oxygen atoms in total. The standard InChI is InChI=1S/C19H15ClN4O3S2/c1-2-26-11-7-8-14-15(9-11)29-18(21-14)22-16(25)10-28-19-24-23-17(27-19)12-5-3-4-6-13(12)20/h3-9H,2,10H2,1H3,(H,21,22,25). The second-order valence-corrected chi connectivity index (χ2v) is 8.14. The van der Waals surface area contributed by atoms with E-state index in [4.69, 9.17) is 20.8 Å². The van der Waals surface area contributed by atoms with Crippen LogP contribution in [0.2, 0.25) is 5.02 Å². The summed E-state index contributed by atoms with van der Waals surface area (Å²) in [6.45, 7) is 2.53. The molecule has 1 amide bonds. The van der Waals surface area contributed by atoms with Crippen molar-refractivity contribution in [3.8, 4) is 17.2 Å². The molecule has 0 saturated carbocycles. The Hall–Kier alpha value is -2.62. The fourth-order valence-electron chi connectivity index (χ4n) is 2.51. The maximum absolute atomic E-state index is 12.3. The summed E-state index contributed by atoms with van der Waals surface area (Å²) in [6.07, 6.45) is 0. The van der Waals surface area contributed by atoms with E-state index >= 15 is 0 Å². The highest BCUT2D eigenvalue weighted by Crippen LogP contribution is 2.30. The Morgan fingerprint density at radius 2 is 2.14 bits per heavy atom. The Morgan fingerprint density at radius 3 is 2.97 bits per heavy atom. The number of thiazole rings is 1. The van der Waals surface area contributed by atoms with Gasteiger partial charge < -0.3 is 14.5 Å². The smallest absolute Gasteiger partial charge is 0.277 e. The maximum Gasteiger partial charge on any atom is 0.277 e. The van der Waals surface area contributed by atoms with E-state index in [0.29, 0.717) is 33.4 Å². The van der Waals surface area contributed by atoms with Crippen molar-refractivity contribution < 1.29 is 13.9 Å². The van der Waals surface area contributed by atoms with E-state index in [1.54, 1.807) is 12.1 Å². The first-order valence-corrected chi connectivity index (χ1v) is 10.8. The summed E-state index contributed by atoms with van der Waals surface area (Å²) < 4.78 is 12.0. The summed E-state index contributed by atoms with van der Waals surface area (Å²) in [5.41, 5.74) is 1.46. The number of nitrogens with zero attached hydrogens (tertiary/aromatic N) is 3. The third-order valence-electron chi connectivity index (χ3n) is 3.75. The second kappa shape index (κ2) is 8.81. The van der Waals surface area contributed by atoms with Gasteiger partial charge in [0.05, 0.1) is 33.2 Å². The van der Waals surface area contributed by atoms with Crippen LogP contribution in [0.4, 0.5) is 5.13 Å². The number of benzene rings is 2. The first-order chi connectivity index (χ1) is 14.1. The van der Waals surface area contributed by atoms with Crippen LogP contribution in [0.15, 0.2) is 52.1 Å². The van der Waals surface area contributed by atoms with E-state index in [-0.39, 0.29) is 11.7 Å². The number of anilines is 1. The highest BCUT2D eigenvalue weighted by Gasteiger charge is 2.14. The number of halogens is 1. The lowest BCUT2D eigenvalue weighted by atomic mass is 10.2. The Labute approximate surface area is 179 Å². The molecule has 148 valence electrons. The van der Waals surface area contributed by atoms with Crippen LogP contribution in [0.3, 0.4) is 0 Å². The summed E-state index contributed by atoms with van der Waals surface area (Å²) >= 11 is 8.67. The molecule has 0 fully saturated rings. The number of thioether (sulfide) groups is 1. The molecule has 2 heterocycles. The van der Waals surface area contributed by atoms with E-state index < -0.39 is 0 Å². The number of amides is 1. The molecular formula is C19H15ClN4O3S2. The predicted molar refractivity (Wildman–Crippen MR) is 115 cm³/mol. The molecule has 0 aliphatic carbocycles. The Balaban J connectivity index is 1.37. The van der Waals surface area contributed by atoms with Crippen molar-refractivity contribution >= 4 is 56.0 Å². The lowest BCUT2D eigenvalue weighted by Crippen LogP contribution is -2.13. The van der Waals surface area contributed by atoms with Crippen LogP contribution in [0, 0.1) is 0 Å². The zero-order valence-corrected chi connectivity index (χ0v) is 17.6. The van der Waals surface area contributed by atoms with Crippen LogP contribution in [0.5, 0.6) is 5.75 Å². The average Bonchev–Trinajstić information content (AvgIpc) is 3.33. The normalized spacial score (nSPS) is 11.0. The molecule has 0 bridgehead atoms. The van der Waals surface area contributed by atoms with Crippen molar-refractivity contribution in [2.45, 2.75) is 12.1 Å². The number of rotatable bonds is 7. The van der Waals surface area contributed by atoms with Gasteiger partial charge in [0.25, 0.3) is 5.22 Å². The minimum Gasteiger partial charge on any atom is -0.494 e. The molecule has 4 rings (SSSR count). The molecule has 0 atom stereocenters. The van der Waals surface area contributed by atoms with E-state index in [1.807, 2.05) is 37.3 Å². The summed E-state index contributed by atoms with van der Waals surface area (Å²) in [4.78, 5) is 16.7. The number of hydrogen-bond donors (Lipinski definition) is 1. The van der Waals surface area contributed by atoms with Crippen LogP contribution in [-0.2, 0) is 4.79 Å². The quantitative estimate of drug-likeness (QED) is 0.393. The van der Waals surface area contributed by atoms with Gasteiger partial charge in [0.15, 0.2) is 5.13 Å². The molecule has 2 aromatic heterocycles. The Bertz CT molecular complexity index is 1160. The van der Waals surface area contributed by atoms with Crippen LogP contribution < -0.4 is 10.1 Å². The van der Waals surface area contributed by atoms with Crippen LogP contribution >= 0.6 is 34.7 Å². The second-order valence-electron chi connectivity index (χ2n) is 5.77. The van der Waals surface area contributed by atoms with Gasteiger partial charge >= 0.3 is 0 Å². The van der Waals surface area contributed by atoms with Gasteiger partial charge in [0.2, 0.25) is 11.8 Å². The van der Waals surface area contributed by atoms with Crippen molar-refractivity contribution in [2.24, 2.45) is 0 Å². The van der Waals surface area contributed by atoms with Gasteiger partial charge in [-0.15, -0.1) is 10.2 Å². The molecule has 0 aliphatic rings. The number of ether oxygens (including phenoxy) is 1. The van der Waals surface area contributed by atoms with Crippen molar-refractivity contribution in [1.82, 2.24) is 15.2 Å². The first kappa shape index (κ1) is 19.7. The van der Waals surface area contributed by atoms with Gasteiger partial charge in [-0.25, -0.2) is 4.98 Å². The molecule has 0 aliphatic heterocycles. The third-order valence-corrected chi connectivity index (χ3v) is 5.84. The summed E-state index contributed by atoms with van der Waals surface area (Å²) in [5.74, 6) is 0.999. The molecular weight excluding hydrogens is 432 g/mol. The van der Waals surface area contributed by atoms with Crippen molar-refractivity contribution in [3.05, 3.63) is 47.5 Å². The number of carbonyl (C=O) groups excluding carboxylic acids is 1. The summed E-state index contributed by atoms with van der Waals surface area (Å²) in [7, 11) is 0. The summed E-state index contributed by atoms with van der Waals surface area (Å²) in [5, 5.41) is 12.1. The zero-order chi connectivity index (χ0) is 20.2. The molecule has 0 spiro atoms. The number of nitrogens with one attached hydrogen (secondary N) is 1. The minimum absolute atomic E-state index is 0.115. The topological polar surface area (TPSA) is 90.1 Å². The average molecular weight is 447 g/mol. The molecule has 4 aromatic rings. The van der Waals surface area contributed by atoms with Gasteiger partial charge in [0, 0.05) is 0 Å². The van der Waals surface area contributed by atoms with Gasteiger partial charge in [-0.3, -0.25) is 4.79 Å². The van der Waals surface area contributed by atoms with Gasteiger partial charge in [-0.2, -0.15) is 0 Å². The van der Waals surface area contributed by atoms with E-state index in [0.717, 1.165) is 27.7 Å². The van der Waals surface area contributed by atoms with Crippen molar-refractivity contribution in [3.63, 3.8) is 0 Å².